The van der Waals surface area contributed by atoms with Crippen LogP contribution in [0.5, 0.6) is 0 Å². The first kappa shape index (κ1) is 24.0. The molecule has 0 spiro atoms. The Morgan fingerprint density at radius 2 is 1.92 bits per heavy atom. The molecular weight excluding hydrogens is 490 g/mol. The van der Waals surface area contributed by atoms with Crippen LogP contribution >= 0.6 is 23.8 Å². The second-order valence-electron chi connectivity index (χ2n) is 8.77. The fraction of sp³-hybridized carbons (Fsp3) is 0.179. The third-order valence-corrected chi connectivity index (χ3v) is 6.87. The Kier molecular flexibility index (Phi) is 7.02. The molecule has 182 valence electrons. The predicted octanol–water partition coefficient (Wildman–Crippen LogP) is 5.84. The van der Waals surface area contributed by atoms with Crippen molar-refractivity contribution in [1.29, 1.82) is 0 Å². The van der Waals surface area contributed by atoms with E-state index in [0.717, 1.165) is 28.3 Å². The van der Waals surface area contributed by atoms with Gasteiger partial charge in [-0.3, -0.25) is 9.78 Å². The lowest BCUT2D eigenvalue weighted by molar-refractivity contribution is -0.116. The molecule has 1 fully saturated rings. The van der Waals surface area contributed by atoms with E-state index in [9.17, 15) is 4.79 Å². The highest BCUT2D eigenvalue weighted by atomic mass is 35.5. The molecule has 0 unspecified atom stereocenters. The van der Waals surface area contributed by atoms with Crippen molar-refractivity contribution in [3.63, 3.8) is 0 Å². The summed E-state index contributed by atoms with van der Waals surface area (Å²) in [4.78, 5) is 19.5. The second kappa shape index (κ2) is 10.5. The van der Waals surface area contributed by atoms with Crippen molar-refractivity contribution < 1.29 is 4.79 Å². The Labute approximate surface area is 220 Å². The maximum atomic E-state index is 12.8. The van der Waals surface area contributed by atoms with Crippen LogP contribution in [-0.4, -0.2) is 32.0 Å². The molecule has 36 heavy (non-hydrogen) atoms. The number of pyridine rings is 1. The van der Waals surface area contributed by atoms with Gasteiger partial charge in [0.2, 0.25) is 5.91 Å². The molecule has 1 saturated heterocycles. The summed E-state index contributed by atoms with van der Waals surface area (Å²) < 4.78 is 2.11. The number of amides is 1. The van der Waals surface area contributed by atoms with Crippen molar-refractivity contribution in [2.24, 2.45) is 0 Å². The average molecular weight is 516 g/mol. The SMILES string of the molecule is Cc1ccc(NC(=O)CCN2C(=S)N[C@@H](c3ccccn3)[C@@H]2c2cccn2-c2cccc(Cl)c2)cc1. The highest BCUT2D eigenvalue weighted by molar-refractivity contribution is 7.80. The van der Waals surface area contributed by atoms with Crippen LogP contribution in [0.1, 0.15) is 35.5 Å². The van der Waals surface area contributed by atoms with Gasteiger partial charge in [-0.15, -0.1) is 0 Å². The molecule has 1 aliphatic rings. The number of carbonyl (C=O) groups is 1. The summed E-state index contributed by atoms with van der Waals surface area (Å²) in [5.41, 5.74) is 4.80. The zero-order valence-electron chi connectivity index (χ0n) is 19.8. The predicted molar refractivity (Wildman–Crippen MR) is 147 cm³/mol. The molecular formula is C28H26ClN5OS. The summed E-state index contributed by atoms with van der Waals surface area (Å²) in [5, 5.41) is 7.69. The van der Waals surface area contributed by atoms with Crippen molar-refractivity contribution in [1.82, 2.24) is 19.8 Å². The van der Waals surface area contributed by atoms with Crippen LogP contribution in [0.4, 0.5) is 5.69 Å². The minimum atomic E-state index is -0.174. The third kappa shape index (κ3) is 5.12. The number of nitrogens with zero attached hydrogens (tertiary/aromatic N) is 3. The zero-order chi connectivity index (χ0) is 25.1. The zero-order valence-corrected chi connectivity index (χ0v) is 21.3. The quantitative estimate of drug-likeness (QED) is 0.303. The maximum absolute atomic E-state index is 12.8. The topological polar surface area (TPSA) is 62.2 Å². The second-order valence-corrected chi connectivity index (χ2v) is 9.59. The van der Waals surface area contributed by atoms with Gasteiger partial charge in [0.25, 0.3) is 0 Å². The number of nitrogens with one attached hydrogen (secondary N) is 2. The van der Waals surface area contributed by atoms with Crippen molar-refractivity contribution in [3.8, 4) is 5.69 Å². The summed E-state index contributed by atoms with van der Waals surface area (Å²) in [5.74, 6) is -0.0630. The first-order valence-corrected chi connectivity index (χ1v) is 12.6. The molecule has 0 bridgehead atoms. The molecule has 2 aromatic heterocycles. The van der Waals surface area contributed by atoms with Gasteiger partial charge in [-0.25, -0.2) is 0 Å². The van der Waals surface area contributed by atoms with E-state index in [1.54, 1.807) is 6.20 Å². The van der Waals surface area contributed by atoms with Gasteiger partial charge < -0.3 is 20.1 Å². The van der Waals surface area contributed by atoms with Gasteiger partial charge in [0.1, 0.15) is 0 Å². The molecule has 0 aliphatic carbocycles. The fourth-order valence-corrected chi connectivity index (χ4v) is 5.06. The number of benzene rings is 2. The van der Waals surface area contributed by atoms with Crippen molar-refractivity contribution in [2.45, 2.75) is 25.4 Å². The number of rotatable bonds is 7. The largest absolute Gasteiger partial charge is 0.352 e. The number of aryl methyl sites for hydroxylation is 1. The molecule has 0 saturated carbocycles. The van der Waals surface area contributed by atoms with Crippen LogP contribution in [0.3, 0.4) is 0 Å². The molecule has 5 rings (SSSR count). The van der Waals surface area contributed by atoms with Crippen LogP contribution < -0.4 is 10.6 Å². The summed E-state index contributed by atoms with van der Waals surface area (Å²) in [6.45, 7) is 2.47. The molecule has 6 nitrogen and oxygen atoms in total. The van der Waals surface area contributed by atoms with Gasteiger partial charge in [0, 0.05) is 47.5 Å². The minimum Gasteiger partial charge on any atom is -0.352 e. The van der Waals surface area contributed by atoms with Crippen LogP contribution in [0.2, 0.25) is 5.02 Å². The van der Waals surface area contributed by atoms with Crippen LogP contribution in [0, 0.1) is 6.92 Å². The maximum Gasteiger partial charge on any atom is 0.226 e. The molecule has 2 atom stereocenters. The minimum absolute atomic E-state index is 0.0630. The summed E-state index contributed by atoms with van der Waals surface area (Å²) >= 11 is 12.1. The van der Waals surface area contributed by atoms with Gasteiger partial charge >= 0.3 is 0 Å². The number of hydrogen-bond donors (Lipinski definition) is 2. The van der Waals surface area contributed by atoms with E-state index in [2.05, 4.69) is 31.2 Å². The number of hydrogen-bond acceptors (Lipinski definition) is 3. The number of anilines is 1. The first-order valence-electron chi connectivity index (χ1n) is 11.8. The molecule has 1 amide bonds. The third-order valence-electron chi connectivity index (χ3n) is 6.28. The average Bonchev–Trinajstić information content (AvgIpc) is 3.49. The number of aromatic nitrogens is 2. The molecule has 0 radical (unpaired) electrons. The van der Waals surface area contributed by atoms with Gasteiger partial charge in [-0.2, -0.15) is 0 Å². The molecule has 3 heterocycles. The normalized spacial score (nSPS) is 17.2. The summed E-state index contributed by atoms with van der Waals surface area (Å²) in [6, 6.07) is 25.1. The van der Waals surface area contributed by atoms with E-state index in [-0.39, 0.29) is 18.0 Å². The Morgan fingerprint density at radius 1 is 1.08 bits per heavy atom. The monoisotopic (exact) mass is 515 g/mol. The lowest BCUT2D eigenvalue weighted by Gasteiger charge is -2.29. The highest BCUT2D eigenvalue weighted by Gasteiger charge is 2.41. The Balaban J connectivity index is 1.44. The first-order chi connectivity index (χ1) is 17.5. The summed E-state index contributed by atoms with van der Waals surface area (Å²) in [6.07, 6.45) is 4.09. The summed E-state index contributed by atoms with van der Waals surface area (Å²) in [7, 11) is 0. The van der Waals surface area contributed by atoms with E-state index in [1.807, 2.05) is 85.9 Å². The fourth-order valence-electron chi connectivity index (χ4n) is 4.55. The van der Waals surface area contributed by atoms with Crippen LogP contribution in [-0.2, 0) is 4.79 Å². The Hall–Kier alpha value is -3.68. The standard InChI is InChI=1S/C28H26ClN5OS/c1-19-10-12-21(13-11-19)31-25(35)14-17-34-27(26(32-28(34)36)23-8-2-3-15-30-23)24-9-5-16-33(24)22-7-4-6-20(29)18-22/h2-13,15-16,18,26-27H,14,17H2,1H3,(H,31,35)(H,32,36)/t26-,27-/m0/s1. The van der Waals surface area contributed by atoms with E-state index in [4.69, 9.17) is 23.8 Å². The molecule has 2 N–H and O–H groups in total. The van der Waals surface area contributed by atoms with Gasteiger partial charge in [-0.05, 0) is 73.7 Å². The highest BCUT2D eigenvalue weighted by Crippen LogP contribution is 2.39. The van der Waals surface area contributed by atoms with Crippen molar-refractivity contribution in [3.05, 3.63) is 113 Å². The Bertz CT molecular complexity index is 1370. The van der Waals surface area contributed by atoms with E-state index in [0.29, 0.717) is 23.1 Å². The Morgan fingerprint density at radius 3 is 2.67 bits per heavy atom. The molecule has 1 aliphatic heterocycles. The van der Waals surface area contributed by atoms with Gasteiger partial charge in [0.15, 0.2) is 5.11 Å². The van der Waals surface area contributed by atoms with Gasteiger partial charge in [-0.1, -0.05) is 41.4 Å². The molecule has 8 heteroatoms. The van der Waals surface area contributed by atoms with Crippen molar-refractivity contribution >= 4 is 40.5 Å². The number of halogens is 1. The lowest BCUT2D eigenvalue weighted by atomic mass is 10.0. The van der Waals surface area contributed by atoms with Crippen LogP contribution in [0.15, 0.2) is 91.3 Å². The molecule has 2 aromatic carbocycles. The van der Waals surface area contributed by atoms with E-state index < -0.39 is 0 Å². The van der Waals surface area contributed by atoms with Crippen molar-refractivity contribution in [2.75, 3.05) is 11.9 Å². The van der Waals surface area contributed by atoms with E-state index in [1.165, 1.54) is 0 Å². The smallest absolute Gasteiger partial charge is 0.226 e. The number of carbonyl (C=O) groups excluding carboxylic acids is 1. The van der Waals surface area contributed by atoms with Crippen LogP contribution in [0.25, 0.3) is 5.69 Å². The number of thiocarbonyl (C=S) groups is 1. The molecule has 4 aromatic rings. The van der Waals surface area contributed by atoms with Gasteiger partial charge in [0.05, 0.1) is 17.8 Å². The lowest BCUT2D eigenvalue weighted by Crippen LogP contribution is -2.33. The van der Waals surface area contributed by atoms with E-state index >= 15 is 0 Å².